The molecule has 2 aliphatic rings. The van der Waals surface area contributed by atoms with E-state index >= 15 is 0 Å². The maximum absolute atomic E-state index is 2.66. The van der Waals surface area contributed by atoms with E-state index in [2.05, 4.69) is 42.6 Å². The Labute approximate surface area is 100 Å². The Morgan fingerprint density at radius 3 is 2.38 bits per heavy atom. The minimum Gasteiger partial charge on any atom is -0.307 e. The third kappa shape index (κ3) is 2.41. The molecular weight excluding hydrogens is 198 g/mol. The second-order valence-corrected chi connectivity index (χ2v) is 6.11. The van der Waals surface area contributed by atoms with Crippen LogP contribution in [0.3, 0.4) is 0 Å². The van der Waals surface area contributed by atoms with Crippen molar-refractivity contribution in [2.75, 3.05) is 53.4 Å². The van der Waals surface area contributed by atoms with Gasteiger partial charge in [-0.1, -0.05) is 6.92 Å². The van der Waals surface area contributed by atoms with Crippen LogP contribution in [0.25, 0.3) is 0 Å². The van der Waals surface area contributed by atoms with Gasteiger partial charge in [0.05, 0.1) is 0 Å². The summed E-state index contributed by atoms with van der Waals surface area (Å²) in [4.78, 5) is 7.51. The molecule has 2 aliphatic heterocycles. The van der Waals surface area contributed by atoms with E-state index in [-0.39, 0.29) is 0 Å². The number of hydrogen-bond donors (Lipinski definition) is 0. The van der Waals surface area contributed by atoms with Crippen molar-refractivity contribution in [3.63, 3.8) is 0 Å². The molecular formula is C13H27N3. The van der Waals surface area contributed by atoms with Crippen molar-refractivity contribution in [3.8, 4) is 0 Å². The molecule has 0 aliphatic carbocycles. The van der Waals surface area contributed by atoms with E-state index < -0.39 is 0 Å². The molecule has 2 rings (SSSR count). The van der Waals surface area contributed by atoms with E-state index in [1.54, 1.807) is 0 Å². The Kier molecular flexibility index (Phi) is 3.57. The van der Waals surface area contributed by atoms with Crippen LogP contribution in [0.1, 0.15) is 20.3 Å². The van der Waals surface area contributed by atoms with Crippen LogP contribution < -0.4 is 0 Å². The Morgan fingerprint density at radius 1 is 1.25 bits per heavy atom. The monoisotopic (exact) mass is 225 g/mol. The number of hydrogen-bond acceptors (Lipinski definition) is 3. The lowest BCUT2D eigenvalue weighted by molar-refractivity contribution is -0.119. The van der Waals surface area contributed by atoms with Gasteiger partial charge in [-0.2, -0.15) is 0 Å². The van der Waals surface area contributed by atoms with Crippen molar-refractivity contribution >= 4 is 0 Å². The Morgan fingerprint density at radius 2 is 1.88 bits per heavy atom. The molecule has 0 saturated carbocycles. The predicted octanol–water partition coefficient (Wildman–Crippen LogP) is 0.964. The van der Waals surface area contributed by atoms with Gasteiger partial charge in [0.25, 0.3) is 0 Å². The highest BCUT2D eigenvalue weighted by Gasteiger charge is 2.50. The van der Waals surface area contributed by atoms with E-state index in [0.29, 0.717) is 5.41 Å². The molecule has 94 valence electrons. The first-order valence-electron chi connectivity index (χ1n) is 6.66. The summed E-state index contributed by atoms with van der Waals surface area (Å²) in [5.41, 5.74) is 0.694. The van der Waals surface area contributed by atoms with E-state index in [1.807, 2.05) is 0 Å². The van der Waals surface area contributed by atoms with E-state index in [0.717, 1.165) is 6.04 Å². The fourth-order valence-electron chi connectivity index (χ4n) is 3.17. The number of nitrogens with zero attached hydrogens (tertiary/aromatic N) is 3. The lowest BCUT2D eigenvalue weighted by Gasteiger charge is -2.61. The standard InChI is InChI=1S/C13H27N3/c1-5-14(3)7-6-12(2)16-10-13(11-16)8-15(4)9-13/h12H,5-11H2,1-4H3. The zero-order valence-electron chi connectivity index (χ0n) is 11.4. The molecule has 0 aromatic heterocycles. The highest BCUT2D eigenvalue weighted by molar-refractivity contribution is 5.05. The summed E-state index contributed by atoms with van der Waals surface area (Å²) in [6, 6.07) is 0.769. The average Bonchev–Trinajstić information content (AvgIpc) is 2.17. The van der Waals surface area contributed by atoms with Crippen molar-refractivity contribution in [3.05, 3.63) is 0 Å². The van der Waals surface area contributed by atoms with Crippen molar-refractivity contribution in [2.24, 2.45) is 5.41 Å². The summed E-state index contributed by atoms with van der Waals surface area (Å²) in [6.45, 7) is 12.4. The normalized spacial score (nSPS) is 26.8. The molecule has 2 saturated heterocycles. The van der Waals surface area contributed by atoms with Crippen molar-refractivity contribution < 1.29 is 0 Å². The molecule has 3 nitrogen and oxygen atoms in total. The zero-order chi connectivity index (χ0) is 11.8. The molecule has 2 heterocycles. The van der Waals surface area contributed by atoms with Crippen molar-refractivity contribution in [1.29, 1.82) is 0 Å². The van der Waals surface area contributed by atoms with Crippen molar-refractivity contribution in [1.82, 2.24) is 14.7 Å². The molecule has 0 aromatic rings. The Hall–Kier alpha value is -0.120. The highest BCUT2D eigenvalue weighted by Crippen LogP contribution is 2.39. The van der Waals surface area contributed by atoms with E-state index in [4.69, 9.17) is 0 Å². The molecule has 2 fully saturated rings. The Balaban J connectivity index is 1.63. The van der Waals surface area contributed by atoms with Gasteiger partial charge in [0.2, 0.25) is 0 Å². The summed E-state index contributed by atoms with van der Waals surface area (Å²) in [5.74, 6) is 0. The molecule has 0 N–H and O–H groups in total. The fourth-order valence-corrected chi connectivity index (χ4v) is 3.17. The topological polar surface area (TPSA) is 9.72 Å². The van der Waals surface area contributed by atoms with Crippen LogP contribution in [-0.2, 0) is 0 Å². The van der Waals surface area contributed by atoms with Gasteiger partial charge in [-0.3, -0.25) is 4.90 Å². The molecule has 0 bridgehead atoms. The van der Waals surface area contributed by atoms with Gasteiger partial charge in [0.15, 0.2) is 0 Å². The van der Waals surface area contributed by atoms with Gasteiger partial charge in [0, 0.05) is 37.6 Å². The van der Waals surface area contributed by atoms with Crippen LogP contribution in [0.4, 0.5) is 0 Å². The molecule has 1 unspecified atom stereocenters. The summed E-state index contributed by atoms with van der Waals surface area (Å²) in [7, 11) is 4.44. The average molecular weight is 225 g/mol. The second kappa shape index (κ2) is 4.63. The largest absolute Gasteiger partial charge is 0.307 e. The van der Waals surface area contributed by atoms with E-state index in [9.17, 15) is 0 Å². The van der Waals surface area contributed by atoms with Crippen LogP contribution in [0.15, 0.2) is 0 Å². The lowest BCUT2D eigenvalue weighted by atomic mass is 9.72. The van der Waals surface area contributed by atoms with Gasteiger partial charge in [-0.15, -0.1) is 0 Å². The first kappa shape index (κ1) is 12.3. The van der Waals surface area contributed by atoms with Crippen LogP contribution in [0.2, 0.25) is 0 Å². The number of rotatable bonds is 5. The van der Waals surface area contributed by atoms with Crippen LogP contribution in [-0.4, -0.2) is 74.1 Å². The SMILES string of the molecule is CCN(C)CCC(C)N1CC2(CN(C)C2)C1. The summed E-state index contributed by atoms with van der Waals surface area (Å²) >= 11 is 0. The van der Waals surface area contributed by atoms with Gasteiger partial charge in [-0.05, 0) is 40.5 Å². The maximum atomic E-state index is 2.66. The van der Waals surface area contributed by atoms with E-state index in [1.165, 1.54) is 45.7 Å². The fraction of sp³-hybridized carbons (Fsp3) is 1.00. The third-order valence-electron chi connectivity index (χ3n) is 4.38. The van der Waals surface area contributed by atoms with Gasteiger partial charge in [-0.25, -0.2) is 0 Å². The smallest absolute Gasteiger partial charge is 0.0212 e. The zero-order valence-corrected chi connectivity index (χ0v) is 11.4. The third-order valence-corrected chi connectivity index (χ3v) is 4.38. The number of likely N-dealkylation sites (tertiary alicyclic amines) is 2. The highest BCUT2D eigenvalue weighted by atomic mass is 15.3. The summed E-state index contributed by atoms with van der Waals surface area (Å²) < 4.78 is 0. The van der Waals surface area contributed by atoms with Gasteiger partial charge >= 0.3 is 0 Å². The summed E-state index contributed by atoms with van der Waals surface area (Å²) in [5, 5.41) is 0. The molecule has 1 atom stereocenters. The molecule has 3 heteroatoms. The lowest BCUT2D eigenvalue weighted by Crippen LogP contribution is -2.72. The molecule has 16 heavy (non-hydrogen) atoms. The minimum atomic E-state index is 0.694. The Bertz CT molecular complexity index is 227. The quantitative estimate of drug-likeness (QED) is 0.690. The van der Waals surface area contributed by atoms with Crippen molar-refractivity contribution in [2.45, 2.75) is 26.3 Å². The summed E-state index contributed by atoms with van der Waals surface area (Å²) in [6.07, 6.45) is 1.32. The molecule has 1 spiro atoms. The first-order valence-corrected chi connectivity index (χ1v) is 6.66. The second-order valence-electron chi connectivity index (χ2n) is 6.11. The van der Waals surface area contributed by atoms with Crippen LogP contribution in [0, 0.1) is 5.41 Å². The first-order chi connectivity index (χ1) is 7.54. The van der Waals surface area contributed by atoms with Crippen LogP contribution in [0.5, 0.6) is 0 Å². The van der Waals surface area contributed by atoms with Gasteiger partial charge < -0.3 is 9.80 Å². The molecule has 0 amide bonds. The minimum absolute atomic E-state index is 0.694. The molecule has 0 radical (unpaired) electrons. The maximum Gasteiger partial charge on any atom is 0.0212 e. The van der Waals surface area contributed by atoms with Gasteiger partial charge in [0.1, 0.15) is 0 Å². The predicted molar refractivity (Wildman–Crippen MR) is 68.8 cm³/mol. The molecule has 0 aromatic carbocycles. The van der Waals surface area contributed by atoms with Crippen LogP contribution >= 0.6 is 0 Å².